The van der Waals surface area contributed by atoms with Gasteiger partial charge in [-0.15, -0.1) is 0 Å². The largest absolute Gasteiger partial charge is 0.445 e. The fourth-order valence-electron chi connectivity index (χ4n) is 1.81. The van der Waals surface area contributed by atoms with Crippen molar-refractivity contribution in [2.24, 2.45) is 0 Å². The Kier molecular flexibility index (Phi) is 5.33. The minimum atomic E-state index is -0.442. The molecule has 0 bridgehead atoms. The minimum absolute atomic E-state index is 0.221. The molecule has 0 fully saturated rings. The summed E-state index contributed by atoms with van der Waals surface area (Å²) in [5, 5.41) is 0. The molecule has 0 heterocycles. The summed E-state index contributed by atoms with van der Waals surface area (Å²) in [6, 6.07) is 14.2. The molecule has 0 aliphatic rings. The van der Waals surface area contributed by atoms with E-state index in [1.807, 2.05) is 30.3 Å². The van der Waals surface area contributed by atoms with E-state index in [4.69, 9.17) is 4.74 Å². The zero-order valence-corrected chi connectivity index (χ0v) is 13.1. The molecule has 2 aromatic carbocycles. The molecule has 0 unspecified atom stereocenters. The number of benzene rings is 2. The van der Waals surface area contributed by atoms with Crippen LogP contribution in [0.5, 0.6) is 0 Å². The SMILES string of the molecule is CN(Cc1ccc(Br)c(F)c1)C(=O)OCc1ccccc1. The molecule has 0 aliphatic carbocycles. The third-order valence-electron chi connectivity index (χ3n) is 2.92. The van der Waals surface area contributed by atoms with Crippen LogP contribution in [0.2, 0.25) is 0 Å². The van der Waals surface area contributed by atoms with Gasteiger partial charge in [0.25, 0.3) is 0 Å². The normalized spacial score (nSPS) is 10.2. The van der Waals surface area contributed by atoms with E-state index in [0.717, 1.165) is 5.56 Å². The van der Waals surface area contributed by atoms with Crippen molar-refractivity contribution in [3.05, 3.63) is 69.9 Å². The van der Waals surface area contributed by atoms with Gasteiger partial charge in [0.2, 0.25) is 0 Å². The molecule has 3 nitrogen and oxygen atoms in total. The number of halogens is 2. The molecule has 0 atom stereocenters. The van der Waals surface area contributed by atoms with Crippen LogP contribution in [0, 0.1) is 5.82 Å². The second kappa shape index (κ2) is 7.22. The lowest BCUT2D eigenvalue weighted by atomic mass is 10.2. The maximum absolute atomic E-state index is 13.4. The van der Waals surface area contributed by atoms with Crippen LogP contribution >= 0.6 is 15.9 Å². The zero-order valence-electron chi connectivity index (χ0n) is 11.6. The van der Waals surface area contributed by atoms with Gasteiger partial charge in [0.05, 0.1) is 4.47 Å². The molecule has 2 rings (SSSR count). The van der Waals surface area contributed by atoms with E-state index < -0.39 is 6.09 Å². The third-order valence-corrected chi connectivity index (χ3v) is 3.56. The molecule has 0 spiro atoms. The van der Waals surface area contributed by atoms with E-state index in [0.29, 0.717) is 10.0 Å². The van der Waals surface area contributed by atoms with Gasteiger partial charge in [0.15, 0.2) is 0 Å². The molecule has 0 radical (unpaired) electrons. The first-order valence-electron chi connectivity index (χ1n) is 6.42. The number of carbonyl (C=O) groups is 1. The van der Waals surface area contributed by atoms with Crippen LogP contribution in [0.3, 0.4) is 0 Å². The fourth-order valence-corrected chi connectivity index (χ4v) is 2.05. The second-order valence-electron chi connectivity index (χ2n) is 4.64. The summed E-state index contributed by atoms with van der Waals surface area (Å²) in [6.45, 7) is 0.510. The average Bonchev–Trinajstić information content (AvgIpc) is 2.49. The van der Waals surface area contributed by atoms with Crippen molar-refractivity contribution < 1.29 is 13.9 Å². The van der Waals surface area contributed by atoms with Crippen molar-refractivity contribution in [3.8, 4) is 0 Å². The summed E-state index contributed by atoms with van der Waals surface area (Å²) in [5.74, 6) is -0.349. The first-order chi connectivity index (χ1) is 10.1. The second-order valence-corrected chi connectivity index (χ2v) is 5.50. The van der Waals surface area contributed by atoms with Crippen molar-refractivity contribution in [2.75, 3.05) is 7.05 Å². The molecule has 5 heteroatoms. The first kappa shape index (κ1) is 15.5. The summed E-state index contributed by atoms with van der Waals surface area (Å²) in [4.78, 5) is 13.3. The monoisotopic (exact) mass is 351 g/mol. The molecule has 0 saturated heterocycles. The number of hydrogen-bond donors (Lipinski definition) is 0. The van der Waals surface area contributed by atoms with Crippen LogP contribution < -0.4 is 0 Å². The summed E-state index contributed by atoms with van der Waals surface area (Å²) in [6.07, 6.45) is -0.442. The van der Waals surface area contributed by atoms with E-state index in [9.17, 15) is 9.18 Å². The van der Waals surface area contributed by atoms with Crippen LogP contribution in [0.1, 0.15) is 11.1 Å². The van der Waals surface area contributed by atoms with Gasteiger partial charge in [0, 0.05) is 13.6 Å². The van der Waals surface area contributed by atoms with Crippen molar-refractivity contribution in [2.45, 2.75) is 13.2 Å². The van der Waals surface area contributed by atoms with Gasteiger partial charge in [-0.05, 0) is 39.2 Å². The fraction of sp³-hybridized carbons (Fsp3) is 0.188. The first-order valence-corrected chi connectivity index (χ1v) is 7.21. The predicted octanol–water partition coefficient (Wildman–Crippen LogP) is 4.36. The highest BCUT2D eigenvalue weighted by Crippen LogP contribution is 2.17. The molecular weight excluding hydrogens is 337 g/mol. The Labute approximate surface area is 131 Å². The van der Waals surface area contributed by atoms with Gasteiger partial charge in [-0.2, -0.15) is 0 Å². The van der Waals surface area contributed by atoms with E-state index in [-0.39, 0.29) is 19.0 Å². The summed E-state index contributed by atoms with van der Waals surface area (Å²) >= 11 is 3.10. The molecule has 0 aliphatic heterocycles. The minimum Gasteiger partial charge on any atom is -0.445 e. The Morgan fingerprint density at radius 2 is 1.90 bits per heavy atom. The van der Waals surface area contributed by atoms with Crippen LogP contribution in [0.15, 0.2) is 53.0 Å². The van der Waals surface area contributed by atoms with E-state index in [1.54, 1.807) is 19.2 Å². The third kappa shape index (κ3) is 4.56. The number of rotatable bonds is 4. The Hall–Kier alpha value is -1.88. The van der Waals surface area contributed by atoms with E-state index in [2.05, 4.69) is 15.9 Å². The van der Waals surface area contributed by atoms with Crippen LogP contribution in [0.25, 0.3) is 0 Å². The molecule has 2 aromatic rings. The summed E-state index contributed by atoms with van der Waals surface area (Å²) in [5.41, 5.74) is 1.63. The average molecular weight is 352 g/mol. The molecule has 0 saturated carbocycles. The van der Waals surface area contributed by atoms with Crippen molar-refractivity contribution in [1.29, 1.82) is 0 Å². The lowest BCUT2D eigenvalue weighted by Gasteiger charge is -2.17. The maximum Gasteiger partial charge on any atom is 0.410 e. The van der Waals surface area contributed by atoms with Gasteiger partial charge in [0.1, 0.15) is 12.4 Å². The topological polar surface area (TPSA) is 29.5 Å². The maximum atomic E-state index is 13.4. The summed E-state index contributed by atoms with van der Waals surface area (Å²) in [7, 11) is 1.62. The highest BCUT2D eigenvalue weighted by atomic mass is 79.9. The highest BCUT2D eigenvalue weighted by molar-refractivity contribution is 9.10. The van der Waals surface area contributed by atoms with Crippen molar-refractivity contribution in [1.82, 2.24) is 4.90 Å². The predicted molar refractivity (Wildman–Crippen MR) is 82.2 cm³/mol. The van der Waals surface area contributed by atoms with Crippen LogP contribution in [-0.2, 0) is 17.9 Å². The number of carbonyl (C=O) groups excluding carboxylic acids is 1. The molecule has 1 amide bonds. The van der Waals surface area contributed by atoms with Gasteiger partial charge < -0.3 is 9.64 Å². The van der Waals surface area contributed by atoms with E-state index in [1.165, 1.54) is 11.0 Å². The molecule has 0 N–H and O–H groups in total. The molecular formula is C16H15BrFNO2. The summed E-state index contributed by atoms with van der Waals surface area (Å²) < 4.78 is 19.0. The number of amides is 1. The lowest BCUT2D eigenvalue weighted by Crippen LogP contribution is -2.26. The smallest absolute Gasteiger partial charge is 0.410 e. The zero-order chi connectivity index (χ0) is 15.2. The van der Waals surface area contributed by atoms with Crippen LogP contribution in [-0.4, -0.2) is 18.0 Å². The van der Waals surface area contributed by atoms with Crippen LogP contribution in [0.4, 0.5) is 9.18 Å². The highest BCUT2D eigenvalue weighted by Gasteiger charge is 2.11. The Morgan fingerprint density at radius 1 is 1.19 bits per heavy atom. The Bertz CT molecular complexity index is 619. The standard InChI is InChI=1S/C16H15BrFNO2/c1-19(10-13-7-8-14(17)15(18)9-13)16(20)21-11-12-5-3-2-4-6-12/h2-9H,10-11H2,1H3. The van der Waals surface area contributed by atoms with Crippen molar-refractivity contribution in [3.63, 3.8) is 0 Å². The van der Waals surface area contributed by atoms with E-state index >= 15 is 0 Å². The van der Waals surface area contributed by atoms with Gasteiger partial charge in [-0.1, -0.05) is 36.4 Å². The van der Waals surface area contributed by atoms with Crippen molar-refractivity contribution >= 4 is 22.0 Å². The number of nitrogens with zero attached hydrogens (tertiary/aromatic N) is 1. The lowest BCUT2D eigenvalue weighted by molar-refractivity contribution is 0.103. The Morgan fingerprint density at radius 3 is 2.57 bits per heavy atom. The number of ether oxygens (including phenoxy) is 1. The van der Waals surface area contributed by atoms with Gasteiger partial charge in [-0.3, -0.25) is 0 Å². The quantitative estimate of drug-likeness (QED) is 0.819. The number of hydrogen-bond acceptors (Lipinski definition) is 2. The Balaban J connectivity index is 1.88. The molecule has 21 heavy (non-hydrogen) atoms. The molecule has 0 aromatic heterocycles. The molecule has 110 valence electrons. The van der Waals surface area contributed by atoms with Gasteiger partial charge >= 0.3 is 6.09 Å². The van der Waals surface area contributed by atoms with Gasteiger partial charge in [-0.25, -0.2) is 9.18 Å².